The minimum atomic E-state index is -3.31. The molecule has 6 heteroatoms. The zero-order chi connectivity index (χ0) is 9.61. The van der Waals surface area contributed by atoms with Gasteiger partial charge >= 0.3 is 0 Å². The van der Waals surface area contributed by atoms with Gasteiger partial charge in [0, 0.05) is 12.6 Å². The lowest BCUT2D eigenvalue weighted by molar-refractivity contribution is 0.133. The maximum atomic E-state index is 10.9. The second kappa shape index (κ2) is 5.75. The second-order valence-corrected chi connectivity index (χ2v) is 4.74. The van der Waals surface area contributed by atoms with Gasteiger partial charge in [-0.1, -0.05) is 0 Å². The van der Waals surface area contributed by atoms with E-state index in [-0.39, 0.29) is 6.04 Å². The number of rotatable bonds is 6. The lowest BCUT2D eigenvalue weighted by Gasteiger charge is -2.11. The van der Waals surface area contributed by atoms with Crippen LogP contribution in [-0.4, -0.2) is 32.9 Å². The Kier molecular flexibility index (Phi) is 5.82. The first-order chi connectivity index (χ1) is 5.52. The lowest BCUT2D eigenvalue weighted by Crippen LogP contribution is -2.36. The Labute approximate surface area is 78.3 Å². The summed E-state index contributed by atoms with van der Waals surface area (Å²) in [7, 11) is -3.31. The first-order valence-electron chi connectivity index (χ1n) is 3.65. The van der Waals surface area contributed by atoms with Crippen molar-refractivity contribution in [2.75, 3.05) is 18.4 Å². The van der Waals surface area contributed by atoms with Gasteiger partial charge in [-0.15, -0.1) is 11.6 Å². The Bertz CT molecular complexity index is 205. The van der Waals surface area contributed by atoms with Gasteiger partial charge in [-0.05, 0) is 13.8 Å². The minimum absolute atomic E-state index is 0.228. The third-order valence-corrected chi connectivity index (χ3v) is 3.01. The zero-order valence-corrected chi connectivity index (χ0v) is 8.78. The molecule has 0 aromatic carbocycles. The van der Waals surface area contributed by atoms with Crippen LogP contribution < -0.4 is 4.72 Å². The number of halogens is 1. The molecule has 1 N–H and O–H groups in total. The number of alkyl halides is 1. The number of ether oxygens (including phenoxy) is 1. The van der Waals surface area contributed by atoms with Crippen LogP contribution in [0.3, 0.4) is 0 Å². The van der Waals surface area contributed by atoms with Crippen LogP contribution in [0.1, 0.15) is 13.8 Å². The fourth-order valence-electron chi connectivity index (χ4n) is 0.667. The highest BCUT2D eigenvalue weighted by atomic mass is 35.5. The molecule has 0 aliphatic rings. The molecule has 0 amide bonds. The summed E-state index contributed by atoms with van der Waals surface area (Å²) >= 11 is 5.18. The highest BCUT2D eigenvalue weighted by Crippen LogP contribution is 1.92. The van der Waals surface area contributed by atoms with Crippen molar-refractivity contribution in [3.63, 3.8) is 0 Å². The highest BCUT2D eigenvalue weighted by Gasteiger charge is 2.12. The summed E-state index contributed by atoms with van der Waals surface area (Å²) in [5, 5.41) is -0.413. The van der Waals surface area contributed by atoms with E-state index in [0.29, 0.717) is 13.2 Å². The number of sulfonamides is 1. The van der Waals surface area contributed by atoms with Crippen molar-refractivity contribution in [1.82, 2.24) is 4.72 Å². The summed E-state index contributed by atoms with van der Waals surface area (Å²) in [6.45, 7) is 4.52. The monoisotopic (exact) mass is 215 g/mol. The normalized spacial score (nSPS) is 14.6. The summed E-state index contributed by atoms with van der Waals surface area (Å²) in [6.07, 6.45) is 0. The fourth-order valence-corrected chi connectivity index (χ4v) is 1.60. The van der Waals surface area contributed by atoms with E-state index < -0.39 is 15.2 Å². The molecule has 0 aromatic rings. The summed E-state index contributed by atoms with van der Waals surface area (Å²) in [5.41, 5.74) is 0. The Balaban J connectivity index is 3.76. The molecule has 0 aliphatic heterocycles. The molecule has 0 bridgehead atoms. The van der Waals surface area contributed by atoms with Crippen LogP contribution in [0.2, 0.25) is 0 Å². The third kappa shape index (κ3) is 5.77. The van der Waals surface area contributed by atoms with Crippen LogP contribution in [-0.2, 0) is 14.8 Å². The Morgan fingerprint density at radius 3 is 2.58 bits per heavy atom. The number of hydrogen-bond donors (Lipinski definition) is 1. The van der Waals surface area contributed by atoms with Crippen molar-refractivity contribution in [3.8, 4) is 0 Å². The van der Waals surface area contributed by atoms with Gasteiger partial charge < -0.3 is 4.74 Å². The van der Waals surface area contributed by atoms with E-state index in [1.807, 2.05) is 6.92 Å². The van der Waals surface area contributed by atoms with E-state index in [1.165, 1.54) is 0 Å². The van der Waals surface area contributed by atoms with Crippen LogP contribution in [0.25, 0.3) is 0 Å². The van der Waals surface area contributed by atoms with Gasteiger partial charge in [0.25, 0.3) is 0 Å². The molecule has 4 nitrogen and oxygen atoms in total. The first-order valence-corrected chi connectivity index (χ1v) is 5.84. The largest absolute Gasteiger partial charge is 0.380 e. The molecule has 0 aliphatic carbocycles. The van der Waals surface area contributed by atoms with Crippen molar-refractivity contribution in [1.29, 1.82) is 0 Å². The molecule has 0 fully saturated rings. The molecule has 1 atom stereocenters. The standard InChI is InChI=1S/C6H14ClNO3S/c1-3-11-4-6(2)8-12(9,10)5-7/h6,8H,3-5H2,1-2H3. The Morgan fingerprint density at radius 2 is 2.17 bits per heavy atom. The fraction of sp³-hybridized carbons (Fsp3) is 1.00. The summed E-state index contributed by atoms with van der Waals surface area (Å²) < 4.78 is 29.1. The maximum Gasteiger partial charge on any atom is 0.225 e. The summed E-state index contributed by atoms with van der Waals surface area (Å²) in [6, 6.07) is -0.228. The van der Waals surface area contributed by atoms with E-state index in [9.17, 15) is 8.42 Å². The average molecular weight is 216 g/mol. The van der Waals surface area contributed by atoms with Crippen LogP contribution in [0, 0.1) is 0 Å². The molecule has 0 spiro atoms. The smallest absolute Gasteiger partial charge is 0.225 e. The average Bonchev–Trinajstić information content (AvgIpc) is 2.00. The van der Waals surface area contributed by atoms with Crippen molar-refractivity contribution in [2.24, 2.45) is 0 Å². The van der Waals surface area contributed by atoms with Gasteiger partial charge in [0.2, 0.25) is 10.0 Å². The van der Waals surface area contributed by atoms with Crippen LogP contribution in [0.5, 0.6) is 0 Å². The lowest BCUT2D eigenvalue weighted by atomic mass is 10.4. The van der Waals surface area contributed by atoms with Crippen LogP contribution in [0.4, 0.5) is 0 Å². The molecule has 0 saturated carbocycles. The van der Waals surface area contributed by atoms with E-state index in [0.717, 1.165) is 0 Å². The van der Waals surface area contributed by atoms with Gasteiger partial charge in [-0.25, -0.2) is 13.1 Å². The topological polar surface area (TPSA) is 55.4 Å². The summed E-state index contributed by atoms with van der Waals surface area (Å²) in [4.78, 5) is 0. The molecule has 0 rings (SSSR count). The van der Waals surface area contributed by atoms with Gasteiger partial charge in [-0.2, -0.15) is 0 Å². The third-order valence-electron chi connectivity index (χ3n) is 1.10. The van der Waals surface area contributed by atoms with Gasteiger partial charge in [0.1, 0.15) is 5.21 Å². The van der Waals surface area contributed by atoms with E-state index in [1.54, 1.807) is 6.92 Å². The van der Waals surface area contributed by atoms with Crippen molar-refractivity contribution in [2.45, 2.75) is 19.9 Å². The second-order valence-electron chi connectivity index (χ2n) is 2.40. The molecule has 12 heavy (non-hydrogen) atoms. The molecular formula is C6H14ClNO3S. The Hall–Kier alpha value is 0.160. The Morgan fingerprint density at radius 1 is 1.58 bits per heavy atom. The summed E-state index contributed by atoms with van der Waals surface area (Å²) in [5.74, 6) is 0. The van der Waals surface area contributed by atoms with E-state index in [2.05, 4.69) is 4.72 Å². The van der Waals surface area contributed by atoms with Crippen LogP contribution in [0.15, 0.2) is 0 Å². The van der Waals surface area contributed by atoms with Gasteiger partial charge in [0.15, 0.2) is 0 Å². The molecule has 1 unspecified atom stereocenters. The van der Waals surface area contributed by atoms with Crippen LogP contribution >= 0.6 is 11.6 Å². The van der Waals surface area contributed by atoms with E-state index in [4.69, 9.17) is 16.3 Å². The van der Waals surface area contributed by atoms with Gasteiger partial charge in [-0.3, -0.25) is 0 Å². The van der Waals surface area contributed by atoms with Crippen molar-refractivity contribution in [3.05, 3.63) is 0 Å². The minimum Gasteiger partial charge on any atom is -0.380 e. The molecule has 0 radical (unpaired) electrons. The molecule has 0 saturated heterocycles. The first kappa shape index (κ1) is 12.2. The number of nitrogens with one attached hydrogen (secondary N) is 1. The zero-order valence-electron chi connectivity index (χ0n) is 7.21. The SMILES string of the molecule is CCOCC(C)NS(=O)(=O)CCl. The molecule has 0 aromatic heterocycles. The maximum absolute atomic E-state index is 10.9. The number of hydrogen-bond acceptors (Lipinski definition) is 3. The molecule has 74 valence electrons. The predicted octanol–water partition coefficient (Wildman–Crippen LogP) is 0.527. The molecular weight excluding hydrogens is 202 g/mol. The van der Waals surface area contributed by atoms with Crippen molar-refractivity contribution < 1.29 is 13.2 Å². The predicted molar refractivity (Wildman–Crippen MR) is 48.7 cm³/mol. The van der Waals surface area contributed by atoms with Gasteiger partial charge in [0.05, 0.1) is 6.61 Å². The molecule has 0 heterocycles. The van der Waals surface area contributed by atoms with Crippen molar-refractivity contribution >= 4 is 21.6 Å². The van der Waals surface area contributed by atoms with E-state index >= 15 is 0 Å². The highest BCUT2D eigenvalue weighted by molar-refractivity contribution is 7.90. The quantitative estimate of drug-likeness (QED) is 0.658.